The van der Waals surface area contributed by atoms with Gasteiger partial charge in [0.2, 0.25) is 0 Å². The molecule has 1 aromatic heterocycles. The first-order valence-corrected chi connectivity index (χ1v) is 17.4. The molecule has 3 aliphatic heterocycles. The summed E-state index contributed by atoms with van der Waals surface area (Å²) in [4.78, 5) is 29.4. The third-order valence-corrected chi connectivity index (χ3v) is 10.1. The van der Waals surface area contributed by atoms with E-state index in [0.717, 1.165) is 31.5 Å². The number of carbonyl (C=O) groups is 2. The molecule has 7 rings (SSSR count). The smallest absolute Gasteiger partial charge is 0.338 e. The fraction of sp³-hybridized carbons (Fsp3) is 0.342. The molecule has 2 bridgehead atoms. The maximum atomic E-state index is 14.2. The second kappa shape index (κ2) is 16.3. The molecule has 4 aromatic rings. The minimum atomic E-state index is -0.893. The van der Waals surface area contributed by atoms with Crippen molar-refractivity contribution in [2.45, 2.75) is 44.1 Å². The van der Waals surface area contributed by atoms with Gasteiger partial charge < -0.3 is 24.2 Å². The van der Waals surface area contributed by atoms with Crippen molar-refractivity contribution in [2.24, 2.45) is 5.92 Å². The zero-order valence-electron chi connectivity index (χ0n) is 28.2. The number of halogens is 3. The lowest BCUT2D eigenvalue weighted by molar-refractivity contribution is -0.605. The molecule has 4 heterocycles. The van der Waals surface area contributed by atoms with Crippen LogP contribution in [0.3, 0.4) is 0 Å². The van der Waals surface area contributed by atoms with E-state index in [-0.39, 0.29) is 34.7 Å². The monoisotopic (exact) mass is 737 g/mol. The van der Waals surface area contributed by atoms with E-state index in [1.54, 1.807) is 54.6 Å². The van der Waals surface area contributed by atoms with E-state index in [0.29, 0.717) is 45.4 Å². The highest BCUT2D eigenvalue weighted by molar-refractivity contribution is 6.35. The second-order valence-corrected chi connectivity index (χ2v) is 13.5. The van der Waals surface area contributed by atoms with Crippen molar-refractivity contribution >= 4 is 35.1 Å². The Balaban J connectivity index is 1.17. The molecule has 268 valence electrons. The Labute approximate surface area is 305 Å². The average Bonchev–Trinajstić information content (AvgIpc) is 3.13. The van der Waals surface area contributed by atoms with Gasteiger partial charge >= 0.3 is 11.9 Å². The summed E-state index contributed by atoms with van der Waals surface area (Å²) < 4.78 is 37.6. The number of ether oxygens (including phenoxy) is 4. The molecule has 3 saturated heterocycles. The fourth-order valence-electron chi connectivity index (χ4n) is 6.65. The molecule has 0 amide bonds. The molecule has 1 N–H and O–H groups in total. The topological polar surface area (TPSA) is 113 Å². The Morgan fingerprint density at radius 2 is 1.67 bits per heavy atom. The number of fused-ring (bicyclic) bond motifs is 3. The summed E-state index contributed by atoms with van der Waals surface area (Å²) in [6.07, 6.45) is 3.36. The van der Waals surface area contributed by atoms with Crippen molar-refractivity contribution < 1.29 is 37.7 Å². The quantitative estimate of drug-likeness (QED) is 0.0948. The predicted octanol–water partition coefficient (Wildman–Crippen LogP) is 6.39. The predicted molar refractivity (Wildman–Crippen MR) is 188 cm³/mol. The van der Waals surface area contributed by atoms with Gasteiger partial charge in [-0.1, -0.05) is 53.5 Å². The molecule has 3 aliphatic rings. The van der Waals surface area contributed by atoms with Gasteiger partial charge in [-0.25, -0.2) is 14.0 Å². The minimum absolute atomic E-state index is 0.0684. The van der Waals surface area contributed by atoms with E-state index >= 15 is 0 Å². The van der Waals surface area contributed by atoms with E-state index < -0.39 is 29.9 Å². The number of piperidine rings is 3. The first kappa shape index (κ1) is 36.4. The Hall–Kier alpha value is -4.42. The molecule has 0 aliphatic carbocycles. The van der Waals surface area contributed by atoms with E-state index in [9.17, 15) is 19.2 Å². The van der Waals surface area contributed by atoms with Gasteiger partial charge in [0.25, 0.3) is 0 Å². The lowest BCUT2D eigenvalue weighted by Gasteiger charge is -2.44. The Morgan fingerprint density at radius 3 is 2.29 bits per heavy atom. The van der Waals surface area contributed by atoms with Crippen molar-refractivity contribution in [3.63, 3.8) is 0 Å². The number of carbonyl (C=O) groups excluding carboxylic acids is 2. The van der Waals surface area contributed by atoms with Crippen molar-refractivity contribution in [1.29, 1.82) is 0 Å². The van der Waals surface area contributed by atoms with Gasteiger partial charge in [-0.2, -0.15) is 4.73 Å². The van der Waals surface area contributed by atoms with Gasteiger partial charge in [0.05, 0.1) is 19.8 Å². The summed E-state index contributed by atoms with van der Waals surface area (Å²) in [6, 6.07) is 16.9. The lowest BCUT2D eigenvalue weighted by atomic mass is 9.86. The van der Waals surface area contributed by atoms with E-state index in [1.165, 1.54) is 38.7 Å². The standard InChI is InChI=1S/C38H38Cl2FN3O7/c1-48-32-11-10-26(17-34(32)49-2)33(18-29-30(39)20-44(47)21-31(29)40)50-37(45)25-8-6-23(7-9-25)19-42-36(27-4-3-5-28(41)16-27)38(46)51-35-22-43-14-12-24(35)13-15-43/h3-11,16-17,20-21,24,33,35-36,42H,12-15,18-19,22H2,1-2H3/t33?,35-,36?/m0/s1. The number of benzene rings is 3. The van der Waals surface area contributed by atoms with Gasteiger partial charge in [-0.15, -0.1) is 0 Å². The summed E-state index contributed by atoms with van der Waals surface area (Å²) in [6.45, 7) is 2.99. The molecule has 10 nitrogen and oxygen atoms in total. The molecule has 3 fully saturated rings. The number of rotatable bonds is 13. The molecule has 0 spiro atoms. The normalized spacial score (nSPS) is 19.2. The van der Waals surface area contributed by atoms with Crippen molar-refractivity contribution in [2.75, 3.05) is 33.9 Å². The molecule has 2 unspecified atom stereocenters. The zero-order valence-corrected chi connectivity index (χ0v) is 29.7. The van der Waals surface area contributed by atoms with Crippen LogP contribution < -0.4 is 19.5 Å². The van der Waals surface area contributed by atoms with Crippen LogP contribution in [-0.2, 0) is 27.2 Å². The zero-order chi connectivity index (χ0) is 36.1. The number of pyridine rings is 1. The number of esters is 2. The maximum absolute atomic E-state index is 14.2. The molecule has 51 heavy (non-hydrogen) atoms. The maximum Gasteiger partial charge on any atom is 0.338 e. The SMILES string of the molecule is COc1ccc(C(Cc2c(Cl)c[n+]([O-])cc2Cl)OC(=O)c2ccc(CNC(C(=O)O[C@H]3CN4CCC3CC4)c3cccc(F)c3)cc2)cc1OC. The van der Waals surface area contributed by atoms with Crippen LogP contribution in [0.25, 0.3) is 0 Å². The first-order chi connectivity index (χ1) is 24.6. The third-order valence-electron chi connectivity index (χ3n) is 9.46. The molecule has 3 atom stereocenters. The highest BCUT2D eigenvalue weighted by atomic mass is 35.5. The fourth-order valence-corrected chi connectivity index (χ4v) is 7.25. The lowest BCUT2D eigenvalue weighted by Crippen LogP contribution is -2.52. The minimum Gasteiger partial charge on any atom is -0.619 e. The van der Waals surface area contributed by atoms with Crippen LogP contribution in [0.5, 0.6) is 11.5 Å². The summed E-state index contributed by atoms with van der Waals surface area (Å²) in [7, 11) is 3.01. The molecule has 0 saturated carbocycles. The number of aromatic nitrogens is 1. The second-order valence-electron chi connectivity index (χ2n) is 12.7. The van der Waals surface area contributed by atoms with Gasteiger partial charge in [-0.3, -0.25) is 10.2 Å². The van der Waals surface area contributed by atoms with Gasteiger partial charge in [0.1, 0.15) is 34.1 Å². The highest BCUT2D eigenvalue weighted by Gasteiger charge is 2.38. The molecule has 13 heteroatoms. The summed E-state index contributed by atoms with van der Waals surface area (Å²) in [5.74, 6) is -0.267. The van der Waals surface area contributed by atoms with Crippen molar-refractivity contribution in [3.05, 3.63) is 128 Å². The van der Waals surface area contributed by atoms with Crippen LogP contribution in [0, 0.1) is 16.9 Å². The summed E-state index contributed by atoms with van der Waals surface area (Å²) in [5, 5.41) is 15.3. The largest absolute Gasteiger partial charge is 0.619 e. The number of methoxy groups -OCH3 is 2. The van der Waals surface area contributed by atoms with Gasteiger partial charge in [0, 0.05) is 25.1 Å². The first-order valence-electron chi connectivity index (χ1n) is 16.6. The molecular weight excluding hydrogens is 700 g/mol. The van der Waals surface area contributed by atoms with Crippen LogP contribution in [0.15, 0.2) is 79.1 Å². The Kier molecular flexibility index (Phi) is 11.6. The van der Waals surface area contributed by atoms with Crippen LogP contribution in [0.4, 0.5) is 4.39 Å². The average molecular weight is 739 g/mol. The summed E-state index contributed by atoms with van der Waals surface area (Å²) in [5.41, 5.74) is 2.52. The van der Waals surface area contributed by atoms with E-state index in [1.807, 2.05) is 0 Å². The van der Waals surface area contributed by atoms with E-state index in [4.69, 9.17) is 42.1 Å². The van der Waals surface area contributed by atoms with Gasteiger partial charge in [0.15, 0.2) is 23.9 Å². The summed E-state index contributed by atoms with van der Waals surface area (Å²) >= 11 is 12.8. The van der Waals surface area contributed by atoms with Crippen LogP contribution in [-0.4, -0.2) is 56.8 Å². The van der Waals surface area contributed by atoms with Crippen molar-refractivity contribution in [3.8, 4) is 11.5 Å². The van der Waals surface area contributed by atoms with Crippen molar-refractivity contribution in [1.82, 2.24) is 10.2 Å². The van der Waals surface area contributed by atoms with Crippen LogP contribution in [0.1, 0.15) is 57.6 Å². The third kappa shape index (κ3) is 8.73. The number of hydrogen-bond donors (Lipinski definition) is 1. The van der Waals surface area contributed by atoms with Gasteiger partial charge in [-0.05, 0) is 84.9 Å². The van der Waals surface area contributed by atoms with Crippen LogP contribution in [0.2, 0.25) is 10.0 Å². The van der Waals surface area contributed by atoms with E-state index in [2.05, 4.69) is 10.2 Å². The molecule has 0 radical (unpaired) electrons. The number of hydrogen-bond acceptors (Lipinski definition) is 9. The number of nitrogens with zero attached hydrogens (tertiary/aromatic N) is 2. The Bertz CT molecular complexity index is 1850. The van der Waals surface area contributed by atoms with Crippen LogP contribution >= 0.6 is 23.2 Å². The molecule has 3 aromatic carbocycles. The Morgan fingerprint density at radius 1 is 0.961 bits per heavy atom. The molecular formula is C38H38Cl2FN3O7. The highest BCUT2D eigenvalue weighted by Crippen LogP contribution is 2.36. The number of nitrogens with one attached hydrogen (secondary N) is 1.